The van der Waals surface area contributed by atoms with Gasteiger partial charge in [0.15, 0.2) is 15.9 Å². The zero-order valence-corrected chi connectivity index (χ0v) is 21.3. The fraction of sp³-hybridized carbons (Fsp3) is 0.208. The van der Waals surface area contributed by atoms with Gasteiger partial charge >= 0.3 is 0 Å². The number of benzene rings is 3. The van der Waals surface area contributed by atoms with Crippen LogP contribution in [0.4, 0.5) is 5.69 Å². The molecule has 1 aliphatic heterocycles. The van der Waals surface area contributed by atoms with Gasteiger partial charge in [-0.25, -0.2) is 16.8 Å². The lowest BCUT2D eigenvalue weighted by atomic mass is 10.1. The molecular weight excluding hydrogens is 512 g/mol. The molecule has 0 radical (unpaired) electrons. The molecule has 1 N–H and O–H groups in total. The van der Waals surface area contributed by atoms with Crippen LogP contribution in [0.1, 0.15) is 18.5 Å². The van der Waals surface area contributed by atoms with Crippen LogP contribution in [0, 0.1) is 0 Å². The highest BCUT2D eigenvalue weighted by atomic mass is 35.5. The van der Waals surface area contributed by atoms with Gasteiger partial charge in [0.25, 0.3) is 15.9 Å². The van der Waals surface area contributed by atoms with Crippen molar-refractivity contribution in [1.29, 1.82) is 0 Å². The Bertz CT molecular complexity index is 1460. The van der Waals surface area contributed by atoms with E-state index in [1.807, 2.05) is 0 Å². The van der Waals surface area contributed by atoms with E-state index in [4.69, 9.17) is 16.3 Å². The first-order chi connectivity index (χ1) is 16.5. The number of hydrogen-bond donors (Lipinski definition) is 1. The second-order valence-corrected chi connectivity index (χ2v) is 12.5. The molecule has 0 saturated heterocycles. The Morgan fingerprint density at radius 3 is 2.29 bits per heavy atom. The summed E-state index contributed by atoms with van der Waals surface area (Å²) in [7, 11) is -7.34. The molecule has 0 fully saturated rings. The lowest BCUT2D eigenvalue weighted by molar-refractivity contribution is -0.128. The van der Waals surface area contributed by atoms with Gasteiger partial charge in [0.1, 0.15) is 5.75 Å². The van der Waals surface area contributed by atoms with Crippen molar-refractivity contribution in [2.45, 2.75) is 28.9 Å². The van der Waals surface area contributed by atoms with Crippen molar-refractivity contribution < 1.29 is 26.4 Å². The maximum Gasteiger partial charge on any atom is 0.264 e. The molecule has 1 heterocycles. The van der Waals surface area contributed by atoms with Gasteiger partial charge in [0.2, 0.25) is 0 Å². The van der Waals surface area contributed by atoms with Crippen molar-refractivity contribution in [2.75, 3.05) is 17.1 Å². The lowest BCUT2D eigenvalue weighted by Crippen LogP contribution is -2.51. The van der Waals surface area contributed by atoms with Gasteiger partial charge in [-0.1, -0.05) is 41.9 Å². The van der Waals surface area contributed by atoms with Crippen LogP contribution in [0.15, 0.2) is 82.6 Å². The molecule has 0 aromatic heterocycles. The second-order valence-electron chi connectivity index (χ2n) is 8.14. The Morgan fingerprint density at radius 2 is 1.66 bits per heavy atom. The van der Waals surface area contributed by atoms with Crippen LogP contribution in [0.2, 0.25) is 5.02 Å². The molecule has 0 bridgehead atoms. The van der Waals surface area contributed by atoms with Gasteiger partial charge in [-0.05, 0) is 55.0 Å². The first-order valence-electron chi connectivity index (χ1n) is 10.6. The van der Waals surface area contributed by atoms with E-state index in [1.54, 1.807) is 43.3 Å². The van der Waals surface area contributed by atoms with Crippen molar-refractivity contribution in [3.05, 3.63) is 83.4 Å². The minimum Gasteiger partial charge on any atom is -0.476 e. The fourth-order valence-electron chi connectivity index (χ4n) is 3.70. The number of ether oxygens (including phenoxy) is 1. The van der Waals surface area contributed by atoms with Gasteiger partial charge in [-0.2, -0.15) is 0 Å². The van der Waals surface area contributed by atoms with E-state index in [-0.39, 0.29) is 27.8 Å². The average Bonchev–Trinajstić information content (AvgIpc) is 2.83. The largest absolute Gasteiger partial charge is 0.476 e. The molecule has 0 aliphatic carbocycles. The number of carbonyl (C=O) groups excluding carboxylic acids is 1. The van der Waals surface area contributed by atoms with Crippen molar-refractivity contribution in [1.82, 2.24) is 5.32 Å². The number of hydrogen-bond acceptors (Lipinski definition) is 6. The number of sulfone groups is 1. The molecule has 2 atom stereocenters. The Labute approximate surface area is 209 Å². The lowest BCUT2D eigenvalue weighted by Gasteiger charge is -2.35. The standard InChI is InChI=1S/C24H23ClN2O6S2/c1-16(17-8-11-19(12-9-17)34(2,29)30)26-24(28)23-15-27(21-14-18(25)10-13-22(21)33-23)35(31,32)20-6-4-3-5-7-20/h3-14,16,23H,15H2,1-2H3,(H,26,28)/t16-,23+/m1/s1. The zero-order chi connectivity index (χ0) is 25.4. The summed E-state index contributed by atoms with van der Waals surface area (Å²) in [5.74, 6) is -0.302. The van der Waals surface area contributed by atoms with Crippen molar-refractivity contribution in [2.24, 2.45) is 0 Å². The van der Waals surface area contributed by atoms with Crippen LogP contribution < -0.4 is 14.4 Å². The van der Waals surface area contributed by atoms with E-state index in [0.29, 0.717) is 10.6 Å². The van der Waals surface area contributed by atoms with Gasteiger partial charge in [0, 0.05) is 11.3 Å². The normalized spacial score (nSPS) is 16.7. The third-order valence-corrected chi connectivity index (χ3v) is 8.74. The fourth-order valence-corrected chi connectivity index (χ4v) is 5.99. The molecule has 3 aromatic carbocycles. The molecule has 0 saturated carbocycles. The third-order valence-electron chi connectivity index (χ3n) is 5.58. The first kappa shape index (κ1) is 25.0. The van der Waals surface area contributed by atoms with Crippen LogP contribution in [-0.2, 0) is 24.7 Å². The van der Waals surface area contributed by atoms with Crippen LogP contribution in [0.3, 0.4) is 0 Å². The molecule has 8 nitrogen and oxygen atoms in total. The summed E-state index contributed by atoms with van der Waals surface area (Å²) in [5.41, 5.74) is 0.928. The van der Waals surface area contributed by atoms with E-state index < -0.39 is 37.9 Å². The second kappa shape index (κ2) is 9.52. The molecule has 11 heteroatoms. The quantitative estimate of drug-likeness (QED) is 0.517. The van der Waals surface area contributed by atoms with E-state index in [0.717, 1.165) is 10.6 Å². The summed E-state index contributed by atoms with van der Waals surface area (Å²) in [6.45, 7) is 1.48. The summed E-state index contributed by atoms with van der Waals surface area (Å²) >= 11 is 6.12. The van der Waals surface area contributed by atoms with Crippen LogP contribution in [0.5, 0.6) is 5.75 Å². The summed E-state index contributed by atoms with van der Waals surface area (Å²) < 4.78 is 57.2. The number of anilines is 1. The number of nitrogens with zero attached hydrogens (tertiary/aromatic N) is 1. The van der Waals surface area contributed by atoms with Crippen LogP contribution in [0.25, 0.3) is 0 Å². The highest BCUT2D eigenvalue weighted by molar-refractivity contribution is 7.92. The molecule has 4 rings (SSSR count). The maximum atomic E-state index is 13.4. The van der Waals surface area contributed by atoms with Gasteiger partial charge in [-0.15, -0.1) is 0 Å². The van der Waals surface area contributed by atoms with Crippen molar-refractivity contribution >= 4 is 43.1 Å². The first-order valence-corrected chi connectivity index (χ1v) is 14.3. The van der Waals surface area contributed by atoms with E-state index in [2.05, 4.69) is 5.32 Å². The number of rotatable bonds is 6. The molecule has 0 unspecified atom stereocenters. The molecule has 0 spiro atoms. The molecule has 184 valence electrons. The number of carbonyl (C=O) groups is 1. The predicted octanol–water partition coefficient (Wildman–Crippen LogP) is 3.58. The third kappa shape index (κ3) is 5.29. The Kier molecular flexibility index (Phi) is 6.81. The molecule has 1 aliphatic rings. The number of amides is 1. The Hall–Kier alpha value is -3.08. The van der Waals surface area contributed by atoms with Gasteiger partial charge < -0.3 is 10.1 Å². The highest BCUT2D eigenvalue weighted by Gasteiger charge is 2.38. The van der Waals surface area contributed by atoms with Crippen LogP contribution >= 0.6 is 11.6 Å². The van der Waals surface area contributed by atoms with E-state index in [1.165, 1.54) is 36.4 Å². The predicted molar refractivity (Wildman–Crippen MR) is 133 cm³/mol. The van der Waals surface area contributed by atoms with E-state index in [9.17, 15) is 21.6 Å². The summed E-state index contributed by atoms with van der Waals surface area (Å²) in [6.07, 6.45) is -0.00615. The SMILES string of the molecule is C[C@@H](NC(=O)[C@@H]1CN(S(=O)(=O)c2ccccc2)c2cc(Cl)ccc2O1)c1ccc(S(C)(=O)=O)cc1. The summed E-state index contributed by atoms with van der Waals surface area (Å²) in [5, 5.41) is 3.15. The topological polar surface area (TPSA) is 110 Å². The summed E-state index contributed by atoms with van der Waals surface area (Å²) in [6, 6.07) is 18.2. The maximum absolute atomic E-state index is 13.4. The smallest absolute Gasteiger partial charge is 0.264 e. The minimum atomic E-state index is -4.00. The Balaban J connectivity index is 1.60. The average molecular weight is 535 g/mol. The summed E-state index contributed by atoms with van der Waals surface area (Å²) in [4.78, 5) is 13.4. The number of halogens is 1. The molecule has 35 heavy (non-hydrogen) atoms. The monoisotopic (exact) mass is 534 g/mol. The van der Waals surface area contributed by atoms with Gasteiger partial charge in [0.05, 0.1) is 28.1 Å². The van der Waals surface area contributed by atoms with Crippen LogP contribution in [-0.4, -0.2) is 41.6 Å². The van der Waals surface area contributed by atoms with Crippen molar-refractivity contribution in [3.8, 4) is 5.75 Å². The zero-order valence-electron chi connectivity index (χ0n) is 18.9. The number of fused-ring (bicyclic) bond motifs is 1. The minimum absolute atomic E-state index is 0.0753. The highest BCUT2D eigenvalue weighted by Crippen LogP contribution is 2.39. The van der Waals surface area contributed by atoms with Crippen molar-refractivity contribution in [3.63, 3.8) is 0 Å². The molecule has 3 aromatic rings. The number of sulfonamides is 1. The van der Waals surface area contributed by atoms with Gasteiger partial charge in [-0.3, -0.25) is 9.10 Å². The number of nitrogens with one attached hydrogen (secondary N) is 1. The molecular formula is C24H23ClN2O6S2. The Morgan fingerprint density at radius 1 is 1.00 bits per heavy atom. The molecule has 1 amide bonds. The van der Waals surface area contributed by atoms with E-state index >= 15 is 0 Å².